The zero-order valence-electron chi connectivity index (χ0n) is 16.3. The van der Waals surface area contributed by atoms with Crippen molar-refractivity contribution in [3.8, 4) is 0 Å². The molecule has 0 bridgehead atoms. The van der Waals surface area contributed by atoms with Gasteiger partial charge in [-0.3, -0.25) is 14.7 Å². The van der Waals surface area contributed by atoms with E-state index in [-0.39, 0.29) is 17.7 Å². The van der Waals surface area contributed by atoms with Crippen molar-refractivity contribution in [2.75, 3.05) is 10.6 Å². The van der Waals surface area contributed by atoms with Gasteiger partial charge < -0.3 is 10.6 Å². The zero-order valence-corrected chi connectivity index (χ0v) is 16.3. The fraction of sp³-hybridized carbons (Fsp3) is 0.500. The lowest BCUT2D eigenvalue weighted by Gasteiger charge is -2.20. The molecule has 6 heteroatoms. The van der Waals surface area contributed by atoms with Crippen LogP contribution in [-0.4, -0.2) is 22.0 Å². The Balaban J connectivity index is 1.30. The highest BCUT2D eigenvalue weighted by Gasteiger charge is 2.39. The van der Waals surface area contributed by atoms with E-state index in [2.05, 4.69) is 27.8 Å². The summed E-state index contributed by atoms with van der Waals surface area (Å²) in [5.41, 5.74) is 2.33. The third kappa shape index (κ3) is 4.61. The van der Waals surface area contributed by atoms with Crippen LogP contribution in [0.25, 0.3) is 0 Å². The van der Waals surface area contributed by atoms with Gasteiger partial charge in [0.25, 0.3) is 5.91 Å². The maximum absolute atomic E-state index is 12.5. The van der Waals surface area contributed by atoms with Crippen molar-refractivity contribution in [3.63, 3.8) is 0 Å². The molecule has 2 fully saturated rings. The topological polar surface area (TPSA) is 86.9 Å². The highest BCUT2D eigenvalue weighted by Crippen LogP contribution is 2.38. The average Bonchev–Trinajstić information content (AvgIpc) is 3.28. The van der Waals surface area contributed by atoms with Crippen LogP contribution in [0.1, 0.15) is 61.5 Å². The number of nitrogens with one attached hydrogen (secondary N) is 3. The van der Waals surface area contributed by atoms with Crippen molar-refractivity contribution >= 4 is 23.3 Å². The summed E-state index contributed by atoms with van der Waals surface area (Å²) in [6, 6.07) is 8.89. The van der Waals surface area contributed by atoms with E-state index in [9.17, 15) is 9.59 Å². The lowest BCUT2D eigenvalue weighted by Crippen LogP contribution is -2.15. The molecule has 4 rings (SSSR count). The largest absolute Gasteiger partial charge is 0.326 e. The van der Waals surface area contributed by atoms with Crippen LogP contribution >= 0.6 is 0 Å². The molecule has 1 aromatic carbocycles. The van der Waals surface area contributed by atoms with Gasteiger partial charge in [0, 0.05) is 28.9 Å². The molecule has 2 aromatic rings. The van der Waals surface area contributed by atoms with E-state index < -0.39 is 0 Å². The SMILES string of the molecule is CC1CC1C(=O)Nc1ccc(C(=O)Nc2cc(CC3CCCCC3)[nH]n2)cc1. The lowest BCUT2D eigenvalue weighted by molar-refractivity contribution is -0.117. The van der Waals surface area contributed by atoms with Crippen molar-refractivity contribution in [1.29, 1.82) is 0 Å². The third-order valence-electron chi connectivity index (χ3n) is 5.97. The summed E-state index contributed by atoms with van der Waals surface area (Å²) in [4.78, 5) is 24.4. The Labute approximate surface area is 165 Å². The van der Waals surface area contributed by atoms with E-state index >= 15 is 0 Å². The van der Waals surface area contributed by atoms with Crippen molar-refractivity contribution in [2.24, 2.45) is 17.8 Å². The van der Waals surface area contributed by atoms with Gasteiger partial charge in [0.2, 0.25) is 5.91 Å². The molecule has 3 N–H and O–H groups in total. The maximum atomic E-state index is 12.5. The highest BCUT2D eigenvalue weighted by molar-refractivity contribution is 6.04. The lowest BCUT2D eigenvalue weighted by atomic mass is 9.86. The zero-order chi connectivity index (χ0) is 19.5. The Bertz CT molecular complexity index is 836. The van der Waals surface area contributed by atoms with Gasteiger partial charge in [0.05, 0.1) is 0 Å². The van der Waals surface area contributed by atoms with Crippen molar-refractivity contribution < 1.29 is 9.59 Å². The van der Waals surface area contributed by atoms with Gasteiger partial charge in [0.1, 0.15) is 0 Å². The number of carbonyl (C=O) groups excluding carboxylic acids is 2. The van der Waals surface area contributed by atoms with E-state index in [4.69, 9.17) is 0 Å². The van der Waals surface area contributed by atoms with Crippen molar-refractivity contribution in [1.82, 2.24) is 10.2 Å². The number of anilines is 2. The van der Waals surface area contributed by atoms with E-state index in [0.717, 1.165) is 30.1 Å². The van der Waals surface area contributed by atoms with Crippen LogP contribution in [0.4, 0.5) is 11.5 Å². The first kappa shape index (κ1) is 18.7. The standard InChI is InChI=1S/C22H28N4O2/c1-14-11-19(14)22(28)23-17-9-7-16(8-10-17)21(27)24-20-13-18(25-26-20)12-15-5-3-2-4-6-15/h7-10,13-15,19H,2-6,11-12H2,1H3,(H,23,28)(H2,24,25,26,27). The second-order valence-electron chi connectivity index (χ2n) is 8.33. The second-order valence-corrected chi connectivity index (χ2v) is 8.33. The van der Waals surface area contributed by atoms with Gasteiger partial charge in [-0.15, -0.1) is 0 Å². The first-order chi connectivity index (χ1) is 13.6. The molecule has 28 heavy (non-hydrogen) atoms. The predicted octanol–water partition coefficient (Wildman–Crippen LogP) is 4.38. The van der Waals surface area contributed by atoms with E-state index in [1.807, 2.05) is 6.07 Å². The molecule has 1 heterocycles. The average molecular weight is 380 g/mol. The molecule has 148 valence electrons. The number of H-pyrrole nitrogens is 1. The van der Waals surface area contributed by atoms with Crippen LogP contribution in [0.15, 0.2) is 30.3 Å². The molecule has 2 aliphatic carbocycles. The molecule has 0 spiro atoms. The van der Waals surface area contributed by atoms with Gasteiger partial charge in [-0.2, -0.15) is 5.10 Å². The Morgan fingerprint density at radius 3 is 2.50 bits per heavy atom. The molecule has 6 nitrogen and oxygen atoms in total. The number of benzene rings is 1. The van der Waals surface area contributed by atoms with E-state index in [0.29, 0.717) is 17.3 Å². The number of amides is 2. The van der Waals surface area contributed by atoms with Gasteiger partial charge in [-0.05, 0) is 48.9 Å². The number of hydrogen-bond acceptors (Lipinski definition) is 3. The Hall–Kier alpha value is -2.63. The molecule has 2 amide bonds. The van der Waals surface area contributed by atoms with E-state index in [1.165, 1.54) is 32.1 Å². The van der Waals surface area contributed by atoms with E-state index in [1.54, 1.807) is 24.3 Å². The summed E-state index contributed by atoms with van der Waals surface area (Å²) in [6.45, 7) is 2.08. The first-order valence-corrected chi connectivity index (χ1v) is 10.3. The first-order valence-electron chi connectivity index (χ1n) is 10.3. The van der Waals surface area contributed by atoms with Crippen molar-refractivity contribution in [2.45, 2.75) is 51.9 Å². The fourth-order valence-corrected chi connectivity index (χ4v) is 4.05. The van der Waals surface area contributed by atoms with Gasteiger partial charge in [-0.1, -0.05) is 39.0 Å². The number of aromatic nitrogens is 2. The number of aromatic amines is 1. The van der Waals surface area contributed by atoms with Crippen LogP contribution in [0.5, 0.6) is 0 Å². The summed E-state index contributed by atoms with van der Waals surface area (Å²) in [7, 11) is 0. The van der Waals surface area contributed by atoms with Crippen LogP contribution in [0.2, 0.25) is 0 Å². The molecule has 2 saturated carbocycles. The Kier molecular flexibility index (Phi) is 5.46. The summed E-state index contributed by atoms with van der Waals surface area (Å²) in [5.74, 6) is 1.73. The Morgan fingerprint density at radius 1 is 1.11 bits per heavy atom. The summed E-state index contributed by atoms with van der Waals surface area (Å²) < 4.78 is 0. The Morgan fingerprint density at radius 2 is 1.82 bits per heavy atom. The van der Waals surface area contributed by atoms with Crippen LogP contribution in [0.3, 0.4) is 0 Å². The molecule has 2 atom stereocenters. The fourth-order valence-electron chi connectivity index (χ4n) is 4.05. The van der Waals surface area contributed by atoms with Gasteiger partial charge >= 0.3 is 0 Å². The van der Waals surface area contributed by atoms with Crippen molar-refractivity contribution in [3.05, 3.63) is 41.6 Å². The summed E-state index contributed by atoms with van der Waals surface area (Å²) in [5, 5.41) is 13.0. The molecule has 0 saturated heterocycles. The van der Waals surface area contributed by atoms with Gasteiger partial charge in [-0.25, -0.2) is 0 Å². The minimum absolute atomic E-state index is 0.0618. The normalized spacial score (nSPS) is 21.9. The van der Waals surface area contributed by atoms with Crippen LogP contribution in [0, 0.1) is 17.8 Å². The quantitative estimate of drug-likeness (QED) is 0.695. The number of nitrogens with zero attached hydrogens (tertiary/aromatic N) is 1. The second kappa shape index (κ2) is 8.17. The molecular formula is C22H28N4O2. The minimum Gasteiger partial charge on any atom is -0.326 e. The predicted molar refractivity (Wildman–Crippen MR) is 109 cm³/mol. The maximum Gasteiger partial charge on any atom is 0.256 e. The summed E-state index contributed by atoms with van der Waals surface area (Å²) in [6.07, 6.45) is 8.50. The highest BCUT2D eigenvalue weighted by atomic mass is 16.2. The smallest absolute Gasteiger partial charge is 0.256 e. The molecular weight excluding hydrogens is 352 g/mol. The van der Waals surface area contributed by atoms with Crippen LogP contribution < -0.4 is 10.6 Å². The monoisotopic (exact) mass is 380 g/mol. The molecule has 2 unspecified atom stereocenters. The molecule has 1 aromatic heterocycles. The molecule has 0 aliphatic heterocycles. The minimum atomic E-state index is -0.204. The summed E-state index contributed by atoms with van der Waals surface area (Å²) >= 11 is 0. The number of hydrogen-bond donors (Lipinski definition) is 3. The molecule has 2 aliphatic rings. The third-order valence-corrected chi connectivity index (χ3v) is 5.97. The van der Waals surface area contributed by atoms with Crippen LogP contribution in [-0.2, 0) is 11.2 Å². The molecule has 0 radical (unpaired) electrons. The van der Waals surface area contributed by atoms with Gasteiger partial charge in [0.15, 0.2) is 5.82 Å². The number of carbonyl (C=O) groups is 2. The number of rotatable bonds is 6.